The Morgan fingerprint density at radius 3 is 2.60 bits per heavy atom. The Balaban J connectivity index is 1.39. The number of hydrogen-bond acceptors (Lipinski definition) is 10. The summed E-state index contributed by atoms with van der Waals surface area (Å²) in [4.78, 5) is 11.3. The summed E-state index contributed by atoms with van der Waals surface area (Å²) in [6.45, 7) is 4.60. The van der Waals surface area contributed by atoms with Gasteiger partial charge in [-0.2, -0.15) is 9.61 Å². The van der Waals surface area contributed by atoms with Crippen LogP contribution < -0.4 is 24.4 Å². The fraction of sp³-hybridized carbons (Fsp3) is 0.419. The lowest BCUT2D eigenvalue weighted by molar-refractivity contribution is 0.0577. The van der Waals surface area contributed by atoms with Gasteiger partial charge in [0.05, 0.1) is 57.3 Å². The minimum Gasteiger partial charge on any atom is -0.497 e. The largest absolute Gasteiger partial charge is 0.497 e. The highest BCUT2D eigenvalue weighted by Crippen LogP contribution is 2.38. The van der Waals surface area contributed by atoms with Crippen LogP contribution in [0.25, 0.3) is 16.6 Å². The van der Waals surface area contributed by atoms with E-state index in [1.165, 1.54) is 23.8 Å². The van der Waals surface area contributed by atoms with Gasteiger partial charge in [0.1, 0.15) is 28.6 Å². The maximum absolute atomic E-state index is 16.9. The van der Waals surface area contributed by atoms with Crippen LogP contribution in [0.3, 0.4) is 0 Å². The van der Waals surface area contributed by atoms with E-state index < -0.39 is 17.1 Å². The number of anilines is 2. The van der Waals surface area contributed by atoms with Gasteiger partial charge >= 0.3 is 0 Å². The van der Waals surface area contributed by atoms with Crippen molar-refractivity contribution in [1.82, 2.24) is 29.4 Å². The van der Waals surface area contributed by atoms with Crippen molar-refractivity contribution in [2.75, 3.05) is 44.6 Å². The second kappa shape index (κ2) is 11.7. The van der Waals surface area contributed by atoms with Gasteiger partial charge < -0.3 is 29.5 Å². The minimum atomic E-state index is -1.91. The van der Waals surface area contributed by atoms with Crippen molar-refractivity contribution in [2.24, 2.45) is 0 Å². The molecule has 2 N–H and O–H groups in total. The highest BCUT2D eigenvalue weighted by molar-refractivity contribution is 5.96. The Bertz CT molecular complexity index is 1850. The van der Waals surface area contributed by atoms with Crippen LogP contribution in [0.5, 0.6) is 17.2 Å². The van der Waals surface area contributed by atoms with Crippen LogP contribution >= 0.6 is 0 Å². The molecule has 45 heavy (non-hydrogen) atoms. The second-order valence-corrected chi connectivity index (χ2v) is 11.8. The number of rotatable bonds is 10. The van der Waals surface area contributed by atoms with Crippen molar-refractivity contribution >= 4 is 28.2 Å². The summed E-state index contributed by atoms with van der Waals surface area (Å²) >= 11 is 0. The van der Waals surface area contributed by atoms with E-state index in [2.05, 4.69) is 20.5 Å². The molecule has 6 rings (SSSR count). The van der Waals surface area contributed by atoms with E-state index in [4.69, 9.17) is 19.2 Å². The number of fused-ring (bicyclic) bond motifs is 3. The molecule has 4 heterocycles. The molecule has 1 saturated heterocycles. The van der Waals surface area contributed by atoms with Crippen molar-refractivity contribution in [2.45, 2.75) is 51.0 Å². The molecule has 1 atom stereocenters. The van der Waals surface area contributed by atoms with Crippen molar-refractivity contribution in [3.8, 4) is 17.2 Å². The normalized spacial score (nSPS) is 17.2. The third-order valence-electron chi connectivity index (χ3n) is 7.83. The minimum absolute atomic E-state index is 0.00700. The molecule has 0 bridgehead atoms. The monoisotopic (exact) mass is 622 g/mol. The molecule has 0 saturated carbocycles. The van der Waals surface area contributed by atoms with Gasteiger partial charge in [-0.1, -0.05) is 0 Å². The Kier molecular flexibility index (Phi) is 7.85. The summed E-state index contributed by atoms with van der Waals surface area (Å²) in [6, 6.07) is 7.99. The Morgan fingerprint density at radius 2 is 1.87 bits per heavy atom. The SMILES string of the molecule is COc1ccc(CNc2nc3c(OC)cc(F)cc3c3nc([C@@]4(F)CCCN(c5cnn(CC(C)(C)O)c5)C4)nn23)c(OC)c1. The predicted molar refractivity (Wildman–Crippen MR) is 164 cm³/mol. The number of ether oxygens (including phenoxy) is 3. The lowest BCUT2D eigenvalue weighted by atomic mass is 9.93. The highest BCUT2D eigenvalue weighted by atomic mass is 19.1. The van der Waals surface area contributed by atoms with E-state index in [0.717, 1.165) is 11.3 Å². The number of aliphatic hydroxyl groups is 1. The molecule has 14 heteroatoms. The number of alkyl halides is 1. The number of nitrogens with one attached hydrogen (secondary N) is 1. The quantitative estimate of drug-likeness (QED) is 0.230. The number of aromatic nitrogens is 6. The topological polar surface area (TPSA) is 124 Å². The van der Waals surface area contributed by atoms with Crippen LogP contribution in [0, 0.1) is 5.82 Å². The van der Waals surface area contributed by atoms with Gasteiger partial charge in [-0.15, -0.1) is 5.10 Å². The molecular weight excluding hydrogens is 586 g/mol. The molecule has 0 radical (unpaired) electrons. The van der Waals surface area contributed by atoms with E-state index in [-0.39, 0.29) is 42.7 Å². The van der Waals surface area contributed by atoms with Crippen LogP contribution in [-0.4, -0.2) is 74.5 Å². The van der Waals surface area contributed by atoms with E-state index >= 15 is 4.39 Å². The fourth-order valence-electron chi connectivity index (χ4n) is 5.69. The van der Waals surface area contributed by atoms with Crippen molar-refractivity contribution in [3.05, 3.63) is 59.9 Å². The van der Waals surface area contributed by atoms with Gasteiger partial charge in [-0.25, -0.2) is 18.7 Å². The summed E-state index contributed by atoms with van der Waals surface area (Å²) in [5, 5.41) is 22.8. The van der Waals surface area contributed by atoms with Gasteiger partial charge in [0.2, 0.25) is 5.95 Å². The highest BCUT2D eigenvalue weighted by Gasteiger charge is 2.42. The first kappa shape index (κ1) is 30.3. The summed E-state index contributed by atoms with van der Waals surface area (Å²) in [7, 11) is 4.58. The van der Waals surface area contributed by atoms with Gasteiger partial charge in [0.15, 0.2) is 17.1 Å². The number of piperidine rings is 1. The molecule has 2 aromatic carbocycles. The van der Waals surface area contributed by atoms with Crippen LogP contribution in [0.4, 0.5) is 20.4 Å². The lowest BCUT2D eigenvalue weighted by Crippen LogP contribution is -2.44. The van der Waals surface area contributed by atoms with E-state index in [0.29, 0.717) is 41.9 Å². The maximum atomic E-state index is 16.9. The third-order valence-corrected chi connectivity index (χ3v) is 7.83. The molecule has 0 spiro atoms. The van der Waals surface area contributed by atoms with Gasteiger partial charge in [-0.3, -0.25) is 4.68 Å². The lowest BCUT2D eigenvalue weighted by Gasteiger charge is -2.36. The molecule has 0 unspecified atom stereocenters. The van der Waals surface area contributed by atoms with Gasteiger partial charge in [0, 0.05) is 37.0 Å². The molecule has 5 aromatic rings. The number of methoxy groups -OCH3 is 3. The van der Waals surface area contributed by atoms with Crippen LogP contribution in [-0.2, 0) is 18.8 Å². The van der Waals surface area contributed by atoms with E-state index in [9.17, 15) is 9.50 Å². The number of halogens is 2. The molecule has 1 aliphatic rings. The summed E-state index contributed by atoms with van der Waals surface area (Å²) in [5.74, 6) is 1.16. The smallest absolute Gasteiger partial charge is 0.226 e. The predicted octanol–water partition coefficient (Wildman–Crippen LogP) is 4.49. The molecule has 1 fully saturated rings. The van der Waals surface area contributed by atoms with Gasteiger partial charge in [-0.05, 0) is 44.9 Å². The molecule has 0 amide bonds. The number of benzene rings is 2. The summed E-state index contributed by atoms with van der Waals surface area (Å²) in [5.41, 5.74) is -0.716. The van der Waals surface area contributed by atoms with Crippen LogP contribution in [0.2, 0.25) is 0 Å². The fourth-order valence-corrected chi connectivity index (χ4v) is 5.69. The van der Waals surface area contributed by atoms with Crippen molar-refractivity contribution in [1.29, 1.82) is 0 Å². The Labute approximate surface area is 258 Å². The molecular formula is C31H36F2N8O4. The molecule has 3 aromatic heterocycles. The van der Waals surface area contributed by atoms with Gasteiger partial charge in [0.25, 0.3) is 0 Å². The third kappa shape index (κ3) is 6.01. The number of hydrogen-bond donors (Lipinski definition) is 2. The van der Waals surface area contributed by atoms with Crippen LogP contribution in [0.15, 0.2) is 42.7 Å². The molecule has 0 aliphatic carbocycles. The average Bonchev–Trinajstić information content (AvgIpc) is 3.67. The molecule has 12 nitrogen and oxygen atoms in total. The number of nitrogens with zero attached hydrogens (tertiary/aromatic N) is 7. The standard InChI is InChI=1S/C31H36F2N8O4/c1-30(2,42)17-40-16-21(15-35-40)39-10-6-9-31(33,18-39)28-37-27-23-11-20(32)12-25(45-5)26(23)36-29(41(27)38-28)34-14-19-7-8-22(43-3)13-24(19)44-4/h7-8,11-13,15-16,42H,6,9-10,14,17-18H2,1-5H3,(H,34,36)/t31-/m1/s1. The van der Waals surface area contributed by atoms with Crippen LogP contribution in [0.1, 0.15) is 38.1 Å². The average molecular weight is 623 g/mol. The van der Waals surface area contributed by atoms with E-state index in [1.807, 2.05) is 17.0 Å². The van der Waals surface area contributed by atoms with Crippen molar-refractivity contribution < 1.29 is 28.1 Å². The zero-order valence-electron chi connectivity index (χ0n) is 25.8. The van der Waals surface area contributed by atoms with Crippen molar-refractivity contribution in [3.63, 3.8) is 0 Å². The second-order valence-electron chi connectivity index (χ2n) is 11.8. The summed E-state index contributed by atoms with van der Waals surface area (Å²) in [6.07, 6.45) is 4.21. The zero-order chi connectivity index (χ0) is 31.9. The molecule has 238 valence electrons. The first-order chi connectivity index (χ1) is 21.5. The molecule has 1 aliphatic heterocycles. The first-order valence-corrected chi connectivity index (χ1v) is 14.6. The van der Waals surface area contributed by atoms with E-state index in [1.54, 1.807) is 51.2 Å². The zero-order valence-corrected chi connectivity index (χ0v) is 25.8. The Morgan fingerprint density at radius 1 is 1.07 bits per heavy atom. The Hall–Kier alpha value is -4.72. The summed E-state index contributed by atoms with van der Waals surface area (Å²) < 4.78 is 51.0. The first-order valence-electron chi connectivity index (χ1n) is 14.6. The maximum Gasteiger partial charge on any atom is 0.226 e.